The maximum Gasteiger partial charge on any atom is 0.397 e. The minimum Gasteiger partial charge on any atom is -0.394 e. The van der Waals surface area contributed by atoms with Crippen molar-refractivity contribution in [3.05, 3.63) is 0 Å². The van der Waals surface area contributed by atoms with Gasteiger partial charge in [0.05, 0.1) is 39.1 Å². The van der Waals surface area contributed by atoms with Gasteiger partial charge in [0.1, 0.15) is 140 Å². The summed E-state index contributed by atoms with van der Waals surface area (Å²) >= 11 is 0. The molecule has 0 bridgehead atoms. The Bertz CT molecular complexity index is 2110. The minimum absolute atomic E-state index is 0.861. The van der Waals surface area contributed by atoms with Gasteiger partial charge in [0.15, 0.2) is 37.7 Å². The molecule has 6 heterocycles. The van der Waals surface area contributed by atoms with Crippen LogP contribution >= 0.6 is 0 Å². The van der Waals surface area contributed by atoms with Crippen LogP contribution in [0, 0.1) is 0 Å². The number of hydrogen-bond acceptors (Lipinski definition) is 32. The van der Waals surface area contributed by atoms with Crippen molar-refractivity contribution < 1.29 is 160 Å². The predicted molar refractivity (Wildman–Crippen MR) is 243 cm³/mol. The Morgan fingerprint density at radius 1 is 0.418 bits per heavy atom. The first-order chi connectivity index (χ1) is 37.0. The Hall–Kier alpha value is -2.76. The van der Waals surface area contributed by atoms with Crippen LogP contribution in [0.1, 0.15) is 27.7 Å². The number of hydrogen-bond donors (Lipinski definition) is 19. The first-order valence-electron chi connectivity index (χ1n) is 24.6. The maximum absolute atomic E-state index is 12.9. The van der Waals surface area contributed by atoms with E-state index in [2.05, 4.69) is 20.1 Å². The Labute approximate surface area is 448 Å². The molecule has 0 saturated carbocycles. The van der Waals surface area contributed by atoms with Crippen molar-refractivity contribution in [2.45, 2.75) is 212 Å². The molecule has 6 rings (SSSR count). The summed E-state index contributed by atoms with van der Waals surface area (Å²) in [7, 11) is -5.29. The van der Waals surface area contributed by atoms with Crippen LogP contribution < -0.4 is 16.0 Å². The van der Waals surface area contributed by atoms with Crippen LogP contribution in [0.4, 0.5) is 0 Å². The number of aliphatic hydroxyl groups excluding tert-OH is 15. The average molecular weight is 1180 g/mol. The number of aliphatic hydroxyl groups is 15. The van der Waals surface area contributed by atoms with Crippen LogP contribution in [0.2, 0.25) is 0 Å². The molecule has 0 unspecified atom stereocenters. The SMILES string of the molecule is CC(=O)N[C@@H]1[C@@H](O[C@@H]2O[C@H](CO)[C@@H](O)[C@H](O[C@@H]3O[C@H](CO)[C@H](O)[C@H](O)[C@H]3O[C@@H]3O[C@@H](C)[C@@H](O)[C@@H](O)[C@@H]3O)[C@H]2NC(C)=O)[C@@H](O)[C@@H](CO[C@@H]2O[C@H](COS(=O)(=O)O)[C@@H](O[C@@H]3O[C@H](CO)[C@H](O)[C@H](O)[C@H]3O)[C@H](O)[C@H]2NC(C)=O)O[C@@H]1O. The third kappa shape index (κ3) is 15.3. The molecule has 0 aromatic rings. The van der Waals surface area contributed by atoms with Crippen LogP contribution in [-0.2, 0) is 81.1 Å². The second kappa shape index (κ2) is 27.8. The van der Waals surface area contributed by atoms with E-state index in [4.69, 9.17) is 52.1 Å². The quantitative estimate of drug-likeness (QED) is 0.0503. The molecule has 6 fully saturated rings. The Kier molecular flexibility index (Phi) is 23.0. The highest BCUT2D eigenvalue weighted by Gasteiger charge is 2.58. The largest absolute Gasteiger partial charge is 0.397 e. The maximum atomic E-state index is 12.9. The monoisotopic (exact) mass is 1180 g/mol. The smallest absolute Gasteiger partial charge is 0.394 e. The van der Waals surface area contributed by atoms with Gasteiger partial charge < -0.3 is 145 Å². The van der Waals surface area contributed by atoms with Crippen molar-refractivity contribution in [1.82, 2.24) is 16.0 Å². The molecule has 6 aliphatic heterocycles. The van der Waals surface area contributed by atoms with Crippen LogP contribution in [0.25, 0.3) is 0 Å². The summed E-state index contributed by atoms with van der Waals surface area (Å²) in [6.45, 7) is -0.907. The van der Waals surface area contributed by atoms with Crippen molar-refractivity contribution >= 4 is 28.1 Å². The van der Waals surface area contributed by atoms with E-state index >= 15 is 0 Å². The van der Waals surface area contributed by atoms with Gasteiger partial charge in [-0.1, -0.05) is 0 Å². The molecule has 6 saturated heterocycles. The van der Waals surface area contributed by atoms with Gasteiger partial charge in [-0.15, -0.1) is 0 Å². The standard InChI is InChI=1S/C42H71N3O33S/c1-10-22(52)28(58)31(61)40(69-10)78-36-30(60)24(54)15(6-47)73-42(36)77-35-21(45-13(4)51)39(71-16(7-48)25(35)55)76-34-20(44-12(3)50)37(63)70-17(26(34)56)8-67-38-19(43-11(2)49)27(57)33(18(74-38)9-68-79(64,65)66)75-41-32(62)29(59)23(53)14(5-46)72-41/h10,14-42,46-48,52-63H,5-9H2,1-4H3,(H,43,49)(H,44,50)(H,45,51)(H,64,65,66)/t10-,14+,15+,16+,17+,18+,19+,20+,21+,22+,23-,24-,25+,26-,27+,28+,29-,30-,31-,32+,33+,34+,35+,36+,37-,38+,39-,40-,41-,42-/m0/s1. The van der Waals surface area contributed by atoms with Crippen molar-refractivity contribution in [1.29, 1.82) is 0 Å². The van der Waals surface area contributed by atoms with E-state index in [1.165, 1.54) is 6.92 Å². The highest BCUT2D eigenvalue weighted by molar-refractivity contribution is 7.80. The van der Waals surface area contributed by atoms with Crippen LogP contribution in [0.15, 0.2) is 0 Å². The Morgan fingerprint density at radius 3 is 1.42 bits per heavy atom. The number of rotatable bonds is 20. The molecule has 0 aromatic heterocycles. The van der Waals surface area contributed by atoms with Gasteiger partial charge in [0.25, 0.3) is 0 Å². The van der Waals surface area contributed by atoms with Crippen molar-refractivity contribution in [2.24, 2.45) is 0 Å². The molecule has 79 heavy (non-hydrogen) atoms. The van der Waals surface area contributed by atoms with Gasteiger partial charge in [0.2, 0.25) is 17.7 Å². The molecular weight excluding hydrogens is 1110 g/mol. The Morgan fingerprint density at radius 2 is 0.848 bits per heavy atom. The van der Waals surface area contributed by atoms with Gasteiger partial charge in [-0.3, -0.25) is 18.9 Å². The fraction of sp³-hybridized carbons (Fsp3) is 0.929. The zero-order valence-electron chi connectivity index (χ0n) is 42.4. The molecule has 0 spiro atoms. The molecule has 37 heteroatoms. The van der Waals surface area contributed by atoms with E-state index in [0.717, 1.165) is 20.8 Å². The van der Waals surface area contributed by atoms with Crippen LogP contribution in [0.3, 0.4) is 0 Å². The van der Waals surface area contributed by atoms with Crippen LogP contribution in [0.5, 0.6) is 0 Å². The van der Waals surface area contributed by atoms with E-state index in [0.29, 0.717) is 0 Å². The zero-order valence-corrected chi connectivity index (χ0v) is 43.2. The lowest BCUT2D eigenvalue weighted by Gasteiger charge is -2.50. The molecule has 458 valence electrons. The van der Waals surface area contributed by atoms with E-state index in [-0.39, 0.29) is 0 Å². The van der Waals surface area contributed by atoms with Crippen molar-refractivity contribution in [2.75, 3.05) is 33.0 Å². The molecular formula is C42H71N3O33S. The van der Waals surface area contributed by atoms with Crippen LogP contribution in [-0.4, -0.2) is 324 Å². The molecule has 3 amide bonds. The summed E-state index contributed by atoms with van der Waals surface area (Å²) in [5.74, 6) is -2.63. The number of carbonyl (C=O) groups excluding carboxylic acids is 3. The molecule has 36 nitrogen and oxygen atoms in total. The first-order valence-corrected chi connectivity index (χ1v) is 26.0. The second-order valence-corrected chi connectivity index (χ2v) is 20.6. The summed E-state index contributed by atoms with van der Waals surface area (Å²) in [5, 5.41) is 169. The number of ether oxygens (including phenoxy) is 11. The fourth-order valence-corrected chi connectivity index (χ4v) is 9.99. The molecule has 19 N–H and O–H groups in total. The van der Waals surface area contributed by atoms with Gasteiger partial charge in [0, 0.05) is 20.8 Å². The third-order valence-electron chi connectivity index (χ3n) is 13.8. The molecule has 0 aromatic carbocycles. The normalized spacial score (nSPS) is 47.0. The lowest BCUT2D eigenvalue weighted by Crippen LogP contribution is -2.71. The predicted octanol–water partition coefficient (Wildman–Crippen LogP) is -12.8. The lowest BCUT2D eigenvalue weighted by molar-refractivity contribution is -0.384. The highest BCUT2D eigenvalue weighted by Crippen LogP contribution is 2.36. The number of amides is 3. The Balaban J connectivity index is 1.28. The zero-order chi connectivity index (χ0) is 58.7. The number of carbonyl (C=O) groups is 3. The highest BCUT2D eigenvalue weighted by atomic mass is 32.3. The number of nitrogens with one attached hydrogen (secondary N) is 3. The summed E-state index contributed by atoms with van der Waals surface area (Å²) in [5.41, 5.74) is 0. The molecule has 6 aliphatic rings. The van der Waals surface area contributed by atoms with Crippen molar-refractivity contribution in [3.8, 4) is 0 Å². The molecule has 0 aliphatic carbocycles. The van der Waals surface area contributed by atoms with Gasteiger partial charge in [-0.25, -0.2) is 4.18 Å². The van der Waals surface area contributed by atoms with Gasteiger partial charge in [-0.2, -0.15) is 8.42 Å². The second-order valence-electron chi connectivity index (χ2n) is 19.5. The third-order valence-corrected chi connectivity index (χ3v) is 14.2. The summed E-state index contributed by atoms with van der Waals surface area (Å²) < 4.78 is 101. The van der Waals surface area contributed by atoms with Gasteiger partial charge >= 0.3 is 10.4 Å². The topological polar surface area (TPSA) is 556 Å². The summed E-state index contributed by atoms with van der Waals surface area (Å²) in [4.78, 5) is 38.0. The van der Waals surface area contributed by atoms with Gasteiger partial charge in [-0.05, 0) is 6.92 Å². The lowest BCUT2D eigenvalue weighted by atomic mass is 9.93. The summed E-state index contributed by atoms with van der Waals surface area (Å²) in [6.07, 6.45) is -51.7. The first kappa shape index (κ1) is 65.4. The molecule has 0 radical (unpaired) electrons. The van der Waals surface area contributed by atoms with E-state index in [9.17, 15) is 104 Å². The van der Waals surface area contributed by atoms with E-state index in [1.54, 1.807) is 0 Å². The van der Waals surface area contributed by atoms with Crippen molar-refractivity contribution in [3.63, 3.8) is 0 Å². The fourth-order valence-electron chi connectivity index (χ4n) is 9.69. The summed E-state index contributed by atoms with van der Waals surface area (Å²) in [6, 6.07) is -5.41. The molecule has 30 atom stereocenters. The van der Waals surface area contributed by atoms with E-state index in [1.807, 2.05) is 0 Å². The average Bonchev–Trinajstić information content (AvgIpc) is 3.39. The minimum atomic E-state index is -5.29. The van der Waals surface area contributed by atoms with E-state index < -0.39 is 245 Å².